The smallest absolute Gasteiger partial charge is 0.273 e. The Morgan fingerprint density at radius 2 is 1.93 bits per heavy atom. The van der Waals surface area contributed by atoms with Gasteiger partial charge in [0.15, 0.2) is 0 Å². The SMILES string of the molecule is O=c1[nH]nc(-c2ccncc2)cc1-c1cc2ccc(CN3CCCOCC3)cc2[nH]1. The predicted octanol–water partition coefficient (Wildman–Crippen LogP) is 3.20. The van der Waals surface area contributed by atoms with Crippen LogP contribution in [0.2, 0.25) is 0 Å². The second-order valence-electron chi connectivity index (χ2n) is 7.58. The zero-order valence-corrected chi connectivity index (χ0v) is 16.6. The molecule has 4 heterocycles. The summed E-state index contributed by atoms with van der Waals surface area (Å²) in [6.45, 7) is 4.54. The lowest BCUT2D eigenvalue weighted by Crippen LogP contribution is -2.25. The maximum atomic E-state index is 12.5. The molecule has 0 unspecified atom stereocenters. The van der Waals surface area contributed by atoms with Crippen LogP contribution in [0.3, 0.4) is 0 Å². The van der Waals surface area contributed by atoms with Gasteiger partial charge in [-0.3, -0.25) is 14.7 Å². The minimum Gasteiger partial charge on any atom is -0.380 e. The largest absolute Gasteiger partial charge is 0.380 e. The highest BCUT2D eigenvalue weighted by Gasteiger charge is 2.13. The molecule has 0 saturated carbocycles. The highest BCUT2D eigenvalue weighted by Crippen LogP contribution is 2.25. The predicted molar refractivity (Wildman–Crippen MR) is 116 cm³/mol. The summed E-state index contributed by atoms with van der Waals surface area (Å²) in [6, 6.07) is 14.0. The van der Waals surface area contributed by atoms with Gasteiger partial charge < -0.3 is 9.72 Å². The van der Waals surface area contributed by atoms with E-state index in [9.17, 15) is 4.79 Å². The van der Waals surface area contributed by atoms with Gasteiger partial charge in [-0.05, 0) is 42.3 Å². The molecule has 2 N–H and O–H groups in total. The highest BCUT2D eigenvalue weighted by molar-refractivity contribution is 5.86. The van der Waals surface area contributed by atoms with Gasteiger partial charge in [-0.25, -0.2) is 5.10 Å². The molecule has 3 aromatic heterocycles. The number of hydrogen-bond acceptors (Lipinski definition) is 5. The summed E-state index contributed by atoms with van der Waals surface area (Å²) >= 11 is 0. The Kier molecular flexibility index (Phi) is 5.13. The summed E-state index contributed by atoms with van der Waals surface area (Å²) < 4.78 is 5.55. The van der Waals surface area contributed by atoms with Crippen LogP contribution < -0.4 is 5.56 Å². The molecule has 4 aromatic rings. The number of aromatic amines is 2. The fourth-order valence-corrected chi connectivity index (χ4v) is 3.91. The van der Waals surface area contributed by atoms with Crippen LogP contribution in [0.5, 0.6) is 0 Å². The van der Waals surface area contributed by atoms with E-state index in [4.69, 9.17) is 4.74 Å². The number of pyridine rings is 1. The Balaban J connectivity index is 1.46. The maximum Gasteiger partial charge on any atom is 0.273 e. The van der Waals surface area contributed by atoms with Crippen LogP contribution in [0, 0.1) is 0 Å². The molecule has 0 radical (unpaired) electrons. The minimum absolute atomic E-state index is 0.218. The number of nitrogens with zero attached hydrogens (tertiary/aromatic N) is 3. The van der Waals surface area contributed by atoms with Gasteiger partial charge in [0.1, 0.15) is 0 Å². The number of aromatic nitrogens is 4. The van der Waals surface area contributed by atoms with Gasteiger partial charge in [-0.15, -0.1) is 0 Å². The van der Waals surface area contributed by atoms with Crippen LogP contribution >= 0.6 is 0 Å². The first-order chi connectivity index (χ1) is 14.8. The number of H-pyrrole nitrogens is 2. The number of hydrogen-bond donors (Lipinski definition) is 2. The molecule has 0 spiro atoms. The van der Waals surface area contributed by atoms with Crippen LogP contribution in [0.15, 0.2) is 59.7 Å². The summed E-state index contributed by atoms with van der Waals surface area (Å²) in [5.41, 5.74) is 5.01. The van der Waals surface area contributed by atoms with Crippen LogP contribution in [0.4, 0.5) is 0 Å². The molecule has 7 nitrogen and oxygen atoms in total. The first-order valence-electron chi connectivity index (χ1n) is 10.2. The lowest BCUT2D eigenvalue weighted by molar-refractivity contribution is 0.140. The van der Waals surface area contributed by atoms with Gasteiger partial charge in [0.05, 0.1) is 23.6 Å². The van der Waals surface area contributed by atoms with Crippen LogP contribution in [0.25, 0.3) is 33.4 Å². The molecule has 0 aliphatic carbocycles. The van der Waals surface area contributed by atoms with E-state index in [0.717, 1.165) is 61.4 Å². The normalized spacial score (nSPS) is 15.3. The van der Waals surface area contributed by atoms with E-state index in [1.165, 1.54) is 5.56 Å². The van der Waals surface area contributed by atoms with Crippen molar-refractivity contribution in [3.05, 3.63) is 70.8 Å². The van der Waals surface area contributed by atoms with Crippen molar-refractivity contribution < 1.29 is 4.74 Å². The van der Waals surface area contributed by atoms with Crippen LogP contribution in [0.1, 0.15) is 12.0 Å². The van der Waals surface area contributed by atoms with Gasteiger partial charge in [0.2, 0.25) is 0 Å². The van der Waals surface area contributed by atoms with Gasteiger partial charge in [0.25, 0.3) is 5.56 Å². The fourth-order valence-electron chi connectivity index (χ4n) is 3.91. The molecule has 0 amide bonds. The third kappa shape index (κ3) is 3.90. The first-order valence-corrected chi connectivity index (χ1v) is 10.2. The third-order valence-electron chi connectivity index (χ3n) is 5.48. The molecular formula is C23H23N5O2. The number of benzene rings is 1. The van der Waals surface area contributed by atoms with Crippen molar-refractivity contribution in [3.8, 4) is 22.5 Å². The number of nitrogens with one attached hydrogen (secondary N) is 2. The molecule has 30 heavy (non-hydrogen) atoms. The second-order valence-corrected chi connectivity index (χ2v) is 7.58. The van der Waals surface area contributed by atoms with Crippen molar-refractivity contribution in [1.29, 1.82) is 0 Å². The van der Waals surface area contributed by atoms with Gasteiger partial charge in [-0.1, -0.05) is 12.1 Å². The van der Waals surface area contributed by atoms with E-state index >= 15 is 0 Å². The molecule has 0 atom stereocenters. The lowest BCUT2D eigenvalue weighted by atomic mass is 10.1. The molecule has 7 heteroatoms. The van der Waals surface area contributed by atoms with Gasteiger partial charge in [-0.2, -0.15) is 5.10 Å². The minimum atomic E-state index is -0.218. The quantitative estimate of drug-likeness (QED) is 0.548. The Labute approximate surface area is 173 Å². The standard InChI is InChI=1S/C23H23N5O2/c29-23-19(14-21(26-27-23)17-4-6-24-7-5-17)22-13-18-3-2-16(12-20(18)25-22)15-28-8-1-10-30-11-9-28/h2-7,12-14,25H,1,8-11,15H2,(H,27,29). The monoisotopic (exact) mass is 401 g/mol. The van der Waals surface area contributed by atoms with E-state index in [0.29, 0.717) is 11.3 Å². The zero-order valence-electron chi connectivity index (χ0n) is 16.6. The molecular weight excluding hydrogens is 378 g/mol. The molecule has 1 aromatic carbocycles. The highest BCUT2D eigenvalue weighted by atomic mass is 16.5. The molecule has 0 bridgehead atoms. The summed E-state index contributed by atoms with van der Waals surface area (Å²) in [6.07, 6.45) is 4.49. The van der Waals surface area contributed by atoms with E-state index in [1.54, 1.807) is 12.4 Å². The van der Waals surface area contributed by atoms with Crippen molar-refractivity contribution in [3.63, 3.8) is 0 Å². The van der Waals surface area contributed by atoms with Gasteiger partial charge >= 0.3 is 0 Å². The van der Waals surface area contributed by atoms with Crippen molar-refractivity contribution in [1.82, 2.24) is 25.1 Å². The van der Waals surface area contributed by atoms with Crippen molar-refractivity contribution in [2.75, 3.05) is 26.3 Å². The van der Waals surface area contributed by atoms with Crippen molar-refractivity contribution >= 4 is 10.9 Å². The molecule has 1 aliphatic heterocycles. The number of fused-ring (bicyclic) bond motifs is 1. The van der Waals surface area contributed by atoms with Gasteiger partial charge in [0, 0.05) is 55.1 Å². The number of ether oxygens (including phenoxy) is 1. The summed E-state index contributed by atoms with van der Waals surface area (Å²) in [4.78, 5) is 22.4. The van der Waals surface area contributed by atoms with E-state index < -0.39 is 0 Å². The summed E-state index contributed by atoms with van der Waals surface area (Å²) in [5.74, 6) is 0. The molecule has 1 aliphatic rings. The fraction of sp³-hybridized carbons (Fsp3) is 0.261. The average Bonchev–Trinajstić information content (AvgIpc) is 3.02. The van der Waals surface area contributed by atoms with Crippen LogP contribution in [-0.2, 0) is 11.3 Å². The molecule has 1 fully saturated rings. The van der Waals surface area contributed by atoms with E-state index in [-0.39, 0.29) is 5.56 Å². The van der Waals surface area contributed by atoms with Crippen molar-refractivity contribution in [2.24, 2.45) is 0 Å². The average molecular weight is 401 g/mol. The Morgan fingerprint density at radius 3 is 2.83 bits per heavy atom. The second kappa shape index (κ2) is 8.22. The van der Waals surface area contributed by atoms with E-state index in [2.05, 4.69) is 43.3 Å². The Morgan fingerprint density at radius 1 is 1.03 bits per heavy atom. The first kappa shape index (κ1) is 18.7. The lowest BCUT2D eigenvalue weighted by Gasteiger charge is -2.18. The molecule has 152 valence electrons. The van der Waals surface area contributed by atoms with Crippen LogP contribution in [-0.4, -0.2) is 51.4 Å². The summed E-state index contributed by atoms with van der Waals surface area (Å²) in [5, 5.41) is 7.88. The molecule has 5 rings (SSSR count). The Hall–Kier alpha value is -3.29. The third-order valence-corrected chi connectivity index (χ3v) is 5.48. The number of rotatable bonds is 4. The van der Waals surface area contributed by atoms with E-state index in [1.807, 2.05) is 24.3 Å². The topological polar surface area (TPSA) is 86.9 Å². The summed E-state index contributed by atoms with van der Waals surface area (Å²) in [7, 11) is 0. The molecule has 1 saturated heterocycles. The van der Waals surface area contributed by atoms with Crippen molar-refractivity contribution in [2.45, 2.75) is 13.0 Å². The zero-order chi connectivity index (χ0) is 20.3. The maximum absolute atomic E-state index is 12.5. The Bertz CT molecular complexity index is 1210.